The average molecular weight is 420 g/mol. The van der Waals surface area contributed by atoms with E-state index in [-0.39, 0.29) is 12.1 Å². The highest BCUT2D eigenvalue weighted by Crippen LogP contribution is 2.30. The van der Waals surface area contributed by atoms with Gasteiger partial charge in [0.15, 0.2) is 0 Å². The van der Waals surface area contributed by atoms with E-state index < -0.39 is 0 Å². The molecule has 3 heterocycles. The van der Waals surface area contributed by atoms with Crippen LogP contribution < -0.4 is 10.5 Å². The lowest BCUT2D eigenvalue weighted by atomic mass is 9.96. The van der Waals surface area contributed by atoms with Gasteiger partial charge in [0.05, 0.1) is 25.1 Å². The van der Waals surface area contributed by atoms with Crippen LogP contribution in [0, 0.1) is 20.8 Å². The lowest BCUT2D eigenvalue weighted by Crippen LogP contribution is -2.38. The Morgan fingerprint density at radius 1 is 1.16 bits per heavy atom. The summed E-state index contributed by atoms with van der Waals surface area (Å²) in [6.45, 7) is 9.70. The number of morpholine rings is 1. The fourth-order valence-corrected chi connectivity index (χ4v) is 4.06. The Morgan fingerprint density at radius 3 is 2.68 bits per heavy atom. The van der Waals surface area contributed by atoms with Gasteiger partial charge in [0.1, 0.15) is 11.9 Å². The molecule has 0 radical (unpaired) electrons. The number of nitrogens with zero attached hydrogens (tertiary/aromatic N) is 4. The zero-order chi connectivity index (χ0) is 22.0. The molecule has 162 valence electrons. The minimum atomic E-state index is -0.0802. The molecule has 1 aliphatic rings. The molecule has 2 aromatic heterocycles. The number of ether oxygens (including phenoxy) is 2. The fourth-order valence-electron chi connectivity index (χ4n) is 4.06. The third kappa shape index (κ3) is 4.52. The summed E-state index contributed by atoms with van der Waals surface area (Å²) in [5.74, 6) is 1.21. The Balaban J connectivity index is 1.53. The molecule has 31 heavy (non-hydrogen) atoms. The van der Waals surface area contributed by atoms with E-state index in [9.17, 15) is 0 Å². The molecule has 0 bridgehead atoms. The number of aromatic nitrogens is 3. The van der Waals surface area contributed by atoms with Gasteiger partial charge in [0, 0.05) is 37.6 Å². The summed E-state index contributed by atoms with van der Waals surface area (Å²) in [5.41, 5.74) is 13.3. The van der Waals surface area contributed by atoms with Gasteiger partial charge in [0.2, 0.25) is 5.95 Å². The monoisotopic (exact) mass is 419 g/mol. The highest BCUT2D eigenvalue weighted by Gasteiger charge is 2.25. The van der Waals surface area contributed by atoms with Crippen molar-refractivity contribution < 1.29 is 9.47 Å². The van der Waals surface area contributed by atoms with Crippen LogP contribution in [0.25, 0.3) is 11.3 Å². The number of nitrogen functional groups attached to an aromatic ring is 1. The molecule has 1 fully saturated rings. The first-order valence-electron chi connectivity index (χ1n) is 10.5. The molecule has 0 amide bonds. The molecule has 3 aromatic rings. The van der Waals surface area contributed by atoms with Crippen LogP contribution in [0.15, 0.2) is 36.7 Å². The molecule has 0 saturated carbocycles. The van der Waals surface area contributed by atoms with Crippen molar-refractivity contribution in [2.75, 3.05) is 32.5 Å². The maximum atomic E-state index is 6.09. The van der Waals surface area contributed by atoms with Crippen LogP contribution in [0.1, 0.15) is 34.1 Å². The van der Waals surface area contributed by atoms with E-state index in [4.69, 9.17) is 20.2 Å². The Bertz CT molecular complexity index is 1070. The Hall–Kier alpha value is -3.03. The molecule has 1 saturated heterocycles. The molecular formula is C24H29N5O2. The number of hydrogen-bond donors (Lipinski definition) is 1. The van der Waals surface area contributed by atoms with Crippen molar-refractivity contribution in [3.63, 3.8) is 0 Å². The molecule has 0 spiro atoms. The molecule has 0 aliphatic carbocycles. The molecule has 2 N–H and O–H groups in total. The van der Waals surface area contributed by atoms with E-state index in [1.165, 1.54) is 22.3 Å². The summed E-state index contributed by atoms with van der Waals surface area (Å²) in [6, 6.07) is 8.10. The van der Waals surface area contributed by atoms with E-state index >= 15 is 0 Å². The van der Waals surface area contributed by atoms with Crippen LogP contribution >= 0.6 is 0 Å². The fraction of sp³-hybridized carbons (Fsp3) is 0.375. The van der Waals surface area contributed by atoms with Crippen LogP contribution in [0.2, 0.25) is 0 Å². The lowest BCUT2D eigenvalue weighted by Gasteiger charge is -2.33. The molecule has 7 heteroatoms. The van der Waals surface area contributed by atoms with Crippen LogP contribution in [0.5, 0.6) is 5.75 Å². The largest absolute Gasteiger partial charge is 0.496 e. The van der Waals surface area contributed by atoms with E-state index in [0.717, 1.165) is 42.3 Å². The second-order valence-electron chi connectivity index (χ2n) is 8.00. The van der Waals surface area contributed by atoms with E-state index in [1.807, 2.05) is 18.2 Å². The SMILES string of the molecule is COc1cc(C)c(CN2CCO[C@@H](c3cccc(-c4cnc(N)nc4)n3)C2)c(C)c1C. The Labute approximate surface area is 183 Å². The number of hydrogen-bond acceptors (Lipinski definition) is 7. The van der Waals surface area contributed by atoms with Crippen molar-refractivity contribution in [2.45, 2.75) is 33.4 Å². The predicted molar refractivity (Wildman–Crippen MR) is 121 cm³/mol. The van der Waals surface area contributed by atoms with Gasteiger partial charge in [0.25, 0.3) is 0 Å². The summed E-state index contributed by atoms with van der Waals surface area (Å²) < 4.78 is 11.6. The highest BCUT2D eigenvalue weighted by molar-refractivity contribution is 5.57. The van der Waals surface area contributed by atoms with Crippen LogP contribution in [0.4, 0.5) is 5.95 Å². The van der Waals surface area contributed by atoms with Crippen molar-refractivity contribution in [3.8, 4) is 17.0 Å². The number of rotatable bonds is 5. The molecule has 4 rings (SSSR count). The smallest absolute Gasteiger partial charge is 0.219 e. The van der Waals surface area contributed by atoms with Crippen molar-refractivity contribution in [3.05, 3.63) is 64.6 Å². The van der Waals surface area contributed by atoms with E-state index in [2.05, 4.69) is 41.7 Å². The maximum Gasteiger partial charge on any atom is 0.219 e. The van der Waals surface area contributed by atoms with Crippen molar-refractivity contribution in [1.82, 2.24) is 19.9 Å². The Morgan fingerprint density at radius 2 is 1.94 bits per heavy atom. The number of anilines is 1. The number of benzene rings is 1. The van der Waals surface area contributed by atoms with Crippen molar-refractivity contribution >= 4 is 5.95 Å². The van der Waals surface area contributed by atoms with E-state index in [0.29, 0.717) is 6.61 Å². The van der Waals surface area contributed by atoms with Crippen LogP contribution in [0.3, 0.4) is 0 Å². The zero-order valence-corrected chi connectivity index (χ0v) is 18.6. The van der Waals surface area contributed by atoms with Gasteiger partial charge in [-0.3, -0.25) is 4.90 Å². The molecule has 1 atom stereocenters. The standard InChI is InChI=1S/C24H29N5O2/c1-15-10-22(30-4)17(3)16(2)19(15)13-29-8-9-31-23(14-29)21-7-5-6-20(28-21)18-11-26-24(25)27-12-18/h5-7,10-12,23H,8-9,13-14H2,1-4H3,(H2,25,26,27)/t23-/m1/s1. The lowest BCUT2D eigenvalue weighted by molar-refractivity contribution is -0.0350. The second-order valence-corrected chi connectivity index (χ2v) is 8.00. The molecular weight excluding hydrogens is 390 g/mol. The second kappa shape index (κ2) is 8.99. The van der Waals surface area contributed by atoms with Gasteiger partial charge in [-0.2, -0.15) is 0 Å². The summed E-state index contributed by atoms with van der Waals surface area (Å²) in [5, 5.41) is 0. The normalized spacial score (nSPS) is 17.0. The van der Waals surface area contributed by atoms with Gasteiger partial charge >= 0.3 is 0 Å². The number of aryl methyl sites for hydroxylation is 1. The van der Waals surface area contributed by atoms with Gasteiger partial charge in [-0.1, -0.05) is 6.07 Å². The minimum absolute atomic E-state index is 0.0802. The highest BCUT2D eigenvalue weighted by atomic mass is 16.5. The third-order valence-electron chi connectivity index (χ3n) is 6.03. The molecule has 0 unspecified atom stereocenters. The van der Waals surface area contributed by atoms with Gasteiger partial charge < -0.3 is 15.2 Å². The molecule has 7 nitrogen and oxygen atoms in total. The van der Waals surface area contributed by atoms with Crippen LogP contribution in [-0.4, -0.2) is 46.7 Å². The number of pyridine rings is 1. The van der Waals surface area contributed by atoms with Gasteiger partial charge in [-0.05, 0) is 61.2 Å². The third-order valence-corrected chi connectivity index (χ3v) is 6.03. The number of nitrogens with two attached hydrogens (primary N) is 1. The summed E-state index contributed by atoms with van der Waals surface area (Å²) in [7, 11) is 1.73. The summed E-state index contributed by atoms with van der Waals surface area (Å²) in [4.78, 5) is 15.4. The van der Waals surface area contributed by atoms with Crippen molar-refractivity contribution in [2.24, 2.45) is 0 Å². The molecule has 1 aromatic carbocycles. The zero-order valence-electron chi connectivity index (χ0n) is 18.6. The van der Waals surface area contributed by atoms with Gasteiger partial charge in [-0.25, -0.2) is 15.0 Å². The quantitative estimate of drug-likeness (QED) is 0.676. The summed E-state index contributed by atoms with van der Waals surface area (Å²) >= 11 is 0. The first-order chi connectivity index (χ1) is 15.0. The first-order valence-corrected chi connectivity index (χ1v) is 10.5. The van der Waals surface area contributed by atoms with E-state index in [1.54, 1.807) is 19.5 Å². The Kier molecular flexibility index (Phi) is 6.15. The first kappa shape index (κ1) is 21.2. The summed E-state index contributed by atoms with van der Waals surface area (Å²) in [6.07, 6.45) is 3.31. The minimum Gasteiger partial charge on any atom is -0.496 e. The van der Waals surface area contributed by atoms with Crippen LogP contribution in [-0.2, 0) is 11.3 Å². The van der Waals surface area contributed by atoms with Gasteiger partial charge in [-0.15, -0.1) is 0 Å². The molecule has 1 aliphatic heterocycles. The number of methoxy groups -OCH3 is 1. The maximum absolute atomic E-state index is 6.09. The predicted octanol–water partition coefficient (Wildman–Crippen LogP) is 3.63. The average Bonchev–Trinajstić information content (AvgIpc) is 2.80. The van der Waals surface area contributed by atoms with Crippen molar-refractivity contribution in [1.29, 1.82) is 0 Å². The topological polar surface area (TPSA) is 86.4 Å².